The van der Waals surface area contributed by atoms with Crippen molar-refractivity contribution in [3.63, 3.8) is 0 Å². The maximum Gasteiger partial charge on any atom is 0.0983 e. The second kappa shape index (κ2) is 9.16. The van der Waals surface area contributed by atoms with Gasteiger partial charge in [0.05, 0.1) is 18.3 Å². The van der Waals surface area contributed by atoms with Crippen LogP contribution in [0.5, 0.6) is 0 Å². The van der Waals surface area contributed by atoms with Crippen LogP contribution in [0, 0.1) is 0 Å². The molecule has 2 heterocycles. The van der Waals surface area contributed by atoms with Crippen LogP contribution in [0.3, 0.4) is 0 Å². The Kier molecular flexibility index (Phi) is 7.74. The van der Waals surface area contributed by atoms with E-state index in [4.69, 9.17) is 4.74 Å². The van der Waals surface area contributed by atoms with Crippen molar-refractivity contribution in [3.05, 3.63) is 34.3 Å². The van der Waals surface area contributed by atoms with Crippen molar-refractivity contribution in [3.8, 4) is 0 Å². The van der Waals surface area contributed by atoms with Crippen LogP contribution in [0.15, 0.2) is 28.7 Å². The highest BCUT2D eigenvalue weighted by Crippen LogP contribution is 2.27. The molecular weight excluding hydrogens is 404 g/mol. The number of aliphatic hydroxyl groups is 1. The Bertz CT molecular complexity index is 529. The molecule has 4 nitrogen and oxygen atoms in total. The zero-order valence-corrected chi connectivity index (χ0v) is 17.5. The third kappa shape index (κ3) is 5.65. The zero-order valence-electron chi connectivity index (χ0n) is 15.1. The van der Waals surface area contributed by atoms with Crippen molar-refractivity contribution in [1.29, 1.82) is 0 Å². The van der Waals surface area contributed by atoms with Crippen LogP contribution in [-0.2, 0) is 11.2 Å². The fourth-order valence-corrected chi connectivity index (χ4v) is 4.06. The van der Waals surface area contributed by atoms with Crippen LogP contribution in [-0.4, -0.2) is 60.0 Å². The Labute approximate surface area is 165 Å². The Balaban J connectivity index is 0.00000225. The van der Waals surface area contributed by atoms with Gasteiger partial charge in [0.25, 0.3) is 0 Å². The second-order valence-corrected chi connectivity index (χ2v) is 8.55. The summed E-state index contributed by atoms with van der Waals surface area (Å²) in [6, 6.07) is 9.55. The average molecular weight is 434 g/mol. The molecule has 142 valence electrons. The number of ether oxygens (including phenoxy) is 1. The Morgan fingerprint density at radius 2 is 1.88 bits per heavy atom. The minimum Gasteiger partial charge on any atom is -0.388 e. The lowest BCUT2D eigenvalue weighted by atomic mass is 9.93. The van der Waals surface area contributed by atoms with Gasteiger partial charge in [-0.1, -0.05) is 28.1 Å². The number of hydrogen-bond donors (Lipinski definition) is 2. The van der Waals surface area contributed by atoms with Crippen molar-refractivity contribution in [2.75, 3.05) is 26.2 Å². The second-order valence-electron chi connectivity index (χ2n) is 7.64. The van der Waals surface area contributed by atoms with Gasteiger partial charge in [-0.05, 0) is 63.9 Å². The van der Waals surface area contributed by atoms with Crippen LogP contribution in [0.1, 0.15) is 32.3 Å². The first-order valence-electron chi connectivity index (χ1n) is 8.98. The number of rotatable bonds is 4. The number of nitrogens with zero attached hydrogens (tertiary/aromatic N) is 1. The molecule has 0 radical (unpaired) electrons. The smallest absolute Gasteiger partial charge is 0.0983 e. The molecule has 0 spiro atoms. The molecule has 2 saturated heterocycles. The highest BCUT2D eigenvalue weighted by Gasteiger charge is 2.39. The molecule has 2 aliphatic rings. The van der Waals surface area contributed by atoms with Crippen LogP contribution >= 0.6 is 28.3 Å². The largest absolute Gasteiger partial charge is 0.388 e. The van der Waals surface area contributed by atoms with E-state index in [1.165, 1.54) is 18.4 Å². The van der Waals surface area contributed by atoms with Gasteiger partial charge in [-0.25, -0.2) is 0 Å². The number of halogens is 2. The van der Waals surface area contributed by atoms with E-state index in [1.807, 2.05) is 13.8 Å². The quantitative estimate of drug-likeness (QED) is 0.766. The predicted octanol–water partition coefficient (Wildman–Crippen LogP) is 3.01. The third-order valence-corrected chi connectivity index (χ3v) is 5.81. The molecule has 0 bridgehead atoms. The first-order chi connectivity index (χ1) is 11.4. The van der Waals surface area contributed by atoms with Crippen molar-refractivity contribution >= 4 is 28.3 Å². The van der Waals surface area contributed by atoms with Crippen LogP contribution in [0.2, 0.25) is 0 Å². The molecule has 2 N–H and O–H groups in total. The van der Waals surface area contributed by atoms with Crippen LogP contribution in [0.4, 0.5) is 0 Å². The molecule has 3 rings (SSSR count). The molecule has 2 aliphatic heterocycles. The first kappa shape index (κ1) is 21.1. The summed E-state index contributed by atoms with van der Waals surface area (Å²) >= 11 is 3.50. The minimum atomic E-state index is -0.798. The Hall–Kier alpha value is -0.170. The SMILES string of the molecule is CC(C)(O)[C@H]1CN(C2CCNCC2)[C@@H](Cc2ccc(Br)cc2)CO1.Cl. The van der Waals surface area contributed by atoms with E-state index in [2.05, 4.69) is 50.4 Å². The summed E-state index contributed by atoms with van der Waals surface area (Å²) < 4.78 is 7.17. The molecule has 0 amide bonds. The van der Waals surface area contributed by atoms with Crippen molar-refractivity contribution in [2.24, 2.45) is 0 Å². The van der Waals surface area contributed by atoms with E-state index >= 15 is 0 Å². The van der Waals surface area contributed by atoms with E-state index in [0.717, 1.165) is 30.5 Å². The number of morpholine rings is 1. The van der Waals surface area contributed by atoms with Gasteiger partial charge in [-0.3, -0.25) is 4.90 Å². The lowest BCUT2D eigenvalue weighted by molar-refractivity contribution is -0.154. The topological polar surface area (TPSA) is 44.7 Å². The van der Waals surface area contributed by atoms with E-state index in [0.29, 0.717) is 18.7 Å². The zero-order chi connectivity index (χ0) is 17.2. The van der Waals surface area contributed by atoms with E-state index < -0.39 is 5.60 Å². The molecule has 0 aliphatic carbocycles. The maximum absolute atomic E-state index is 10.4. The van der Waals surface area contributed by atoms with Crippen molar-refractivity contribution < 1.29 is 9.84 Å². The maximum atomic E-state index is 10.4. The summed E-state index contributed by atoms with van der Waals surface area (Å²) in [5.41, 5.74) is 0.542. The van der Waals surface area contributed by atoms with Crippen LogP contribution < -0.4 is 5.32 Å². The van der Waals surface area contributed by atoms with Crippen molar-refractivity contribution in [1.82, 2.24) is 10.2 Å². The van der Waals surface area contributed by atoms with Crippen LogP contribution in [0.25, 0.3) is 0 Å². The summed E-state index contributed by atoms with van der Waals surface area (Å²) in [5.74, 6) is 0. The average Bonchev–Trinajstić information content (AvgIpc) is 2.57. The fourth-order valence-electron chi connectivity index (χ4n) is 3.80. The molecular formula is C19H30BrClN2O2. The Morgan fingerprint density at radius 1 is 1.24 bits per heavy atom. The molecule has 0 aromatic heterocycles. The van der Waals surface area contributed by atoms with Crippen molar-refractivity contribution in [2.45, 2.75) is 56.9 Å². The van der Waals surface area contributed by atoms with Gasteiger partial charge in [0.2, 0.25) is 0 Å². The summed E-state index contributed by atoms with van der Waals surface area (Å²) in [6.45, 7) is 7.38. The highest BCUT2D eigenvalue weighted by molar-refractivity contribution is 9.10. The van der Waals surface area contributed by atoms with Gasteiger partial charge in [0.15, 0.2) is 0 Å². The van der Waals surface area contributed by atoms with Gasteiger partial charge in [-0.15, -0.1) is 12.4 Å². The van der Waals surface area contributed by atoms with Gasteiger partial charge in [-0.2, -0.15) is 0 Å². The molecule has 6 heteroatoms. The van der Waals surface area contributed by atoms with E-state index in [-0.39, 0.29) is 18.5 Å². The first-order valence-corrected chi connectivity index (χ1v) is 9.77. The summed E-state index contributed by atoms with van der Waals surface area (Å²) in [6.07, 6.45) is 3.23. The molecule has 0 saturated carbocycles. The highest BCUT2D eigenvalue weighted by atomic mass is 79.9. The number of hydrogen-bond acceptors (Lipinski definition) is 4. The number of nitrogens with one attached hydrogen (secondary N) is 1. The normalized spacial score (nSPS) is 26.2. The monoisotopic (exact) mass is 432 g/mol. The van der Waals surface area contributed by atoms with Gasteiger partial charge >= 0.3 is 0 Å². The Morgan fingerprint density at radius 3 is 2.48 bits per heavy atom. The summed E-state index contributed by atoms with van der Waals surface area (Å²) in [4.78, 5) is 2.61. The predicted molar refractivity (Wildman–Crippen MR) is 108 cm³/mol. The lowest BCUT2D eigenvalue weighted by Gasteiger charge is -2.48. The molecule has 1 aromatic carbocycles. The van der Waals surface area contributed by atoms with E-state index in [9.17, 15) is 5.11 Å². The molecule has 1 aromatic rings. The van der Waals surface area contributed by atoms with E-state index in [1.54, 1.807) is 0 Å². The third-order valence-electron chi connectivity index (χ3n) is 5.29. The molecule has 25 heavy (non-hydrogen) atoms. The molecule has 0 unspecified atom stereocenters. The van der Waals surface area contributed by atoms with Gasteiger partial charge < -0.3 is 15.2 Å². The fraction of sp³-hybridized carbons (Fsp3) is 0.684. The summed E-state index contributed by atoms with van der Waals surface area (Å²) in [5, 5.41) is 13.8. The number of benzene rings is 1. The number of piperidine rings is 1. The standard InChI is InChI=1S/C19H29BrN2O2.ClH/c1-19(2,23)18-12-22(16-7-9-21-10-8-16)17(13-24-18)11-14-3-5-15(20)6-4-14;/h3-6,16-18,21,23H,7-13H2,1-2H3;1H/t17-,18+;/m0./s1. The minimum absolute atomic E-state index is 0. The summed E-state index contributed by atoms with van der Waals surface area (Å²) in [7, 11) is 0. The van der Waals surface area contributed by atoms with Gasteiger partial charge in [0.1, 0.15) is 0 Å². The molecule has 2 atom stereocenters. The van der Waals surface area contributed by atoms with Gasteiger partial charge in [0, 0.05) is 23.1 Å². The molecule has 2 fully saturated rings. The lowest BCUT2D eigenvalue weighted by Crippen LogP contribution is -2.60.